The second-order valence-electron chi connectivity index (χ2n) is 6.27. The highest BCUT2D eigenvalue weighted by Gasteiger charge is 2.28. The number of aryl methyl sites for hydroxylation is 1. The molecule has 2 N–H and O–H groups in total. The van der Waals surface area contributed by atoms with Crippen molar-refractivity contribution in [2.45, 2.75) is 19.6 Å². The molecule has 0 saturated carbocycles. The van der Waals surface area contributed by atoms with Gasteiger partial charge in [0.15, 0.2) is 6.61 Å². The second-order valence-corrected chi connectivity index (χ2v) is 7.12. The summed E-state index contributed by atoms with van der Waals surface area (Å²) in [4.78, 5) is 17.6. The quantitative estimate of drug-likeness (QED) is 0.604. The van der Waals surface area contributed by atoms with Crippen LogP contribution < -0.4 is 10.1 Å². The number of phenols is 1. The monoisotopic (exact) mass is 422 g/mol. The lowest BCUT2D eigenvalue weighted by Gasteiger charge is -2.11. The van der Waals surface area contributed by atoms with Crippen LogP contribution in [0, 0.1) is 6.92 Å². The van der Waals surface area contributed by atoms with E-state index in [1.165, 1.54) is 0 Å². The van der Waals surface area contributed by atoms with Gasteiger partial charge in [0.05, 0.1) is 16.1 Å². The molecule has 0 aliphatic rings. The van der Waals surface area contributed by atoms with Crippen molar-refractivity contribution in [3.8, 4) is 21.9 Å². The second kappa shape index (κ2) is 8.52. The maximum atomic E-state index is 12.3. The fourth-order valence-corrected chi connectivity index (χ4v) is 3.41. The molecule has 29 heavy (non-hydrogen) atoms. The summed E-state index contributed by atoms with van der Waals surface area (Å²) in [6.07, 6.45) is -4.52. The number of carbonyl (C=O) groups is 1. The van der Waals surface area contributed by atoms with Crippen LogP contribution in [0.3, 0.4) is 0 Å². The third kappa shape index (κ3) is 5.71. The predicted molar refractivity (Wildman–Crippen MR) is 103 cm³/mol. The number of ether oxygens (including phenoxy) is 1. The van der Waals surface area contributed by atoms with Gasteiger partial charge < -0.3 is 15.2 Å². The largest absolute Gasteiger partial charge is 0.508 e. The molecule has 0 unspecified atom stereocenters. The summed E-state index contributed by atoms with van der Waals surface area (Å²) in [5.41, 5.74) is 4.60. The Bertz CT molecular complexity index is 1000. The lowest BCUT2D eigenvalue weighted by Crippen LogP contribution is -2.23. The summed E-state index contributed by atoms with van der Waals surface area (Å²) in [5, 5.41) is 12.3. The number of nitrogens with zero attached hydrogens (tertiary/aromatic N) is 1. The van der Waals surface area contributed by atoms with Crippen molar-refractivity contribution in [1.29, 1.82) is 0 Å². The maximum absolute atomic E-state index is 12.3. The zero-order valence-corrected chi connectivity index (χ0v) is 16.1. The first-order valence-corrected chi connectivity index (χ1v) is 9.40. The van der Waals surface area contributed by atoms with Gasteiger partial charge in [0.25, 0.3) is 5.91 Å². The summed E-state index contributed by atoms with van der Waals surface area (Å²) < 4.78 is 41.4. The Hall–Kier alpha value is -3.07. The van der Waals surface area contributed by atoms with Crippen LogP contribution in [0.2, 0.25) is 0 Å². The molecule has 2 aromatic carbocycles. The fourth-order valence-electron chi connectivity index (χ4n) is 2.60. The summed E-state index contributed by atoms with van der Waals surface area (Å²) in [6.45, 7) is 0.639. The topological polar surface area (TPSA) is 71.5 Å². The Balaban J connectivity index is 1.63. The molecule has 9 heteroatoms. The van der Waals surface area contributed by atoms with E-state index in [1.807, 2.05) is 31.2 Å². The molecule has 152 valence electrons. The van der Waals surface area contributed by atoms with Crippen molar-refractivity contribution in [2.75, 3.05) is 6.61 Å². The molecule has 1 heterocycles. The number of nitrogens with one attached hydrogen (secondary N) is 1. The van der Waals surface area contributed by atoms with Gasteiger partial charge in [-0.3, -0.25) is 4.79 Å². The van der Waals surface area contributed by atoms with Crippen molar-refractivity contribution < 1.29 is 27.8 Å². The van der Waals surface area contributed by atoms with Gasteiger partial charge in [-0.1, -0.05) is 24.3 Å². The first-order chi connectivity index (χ1) is 13.7. The molecular formula is C20H17F3N2O3S. The van der Waals surface area contributed by atoms with Crippen molar-refractivity contribution >= 4 is 17.2 Å². The van der Waals surface area contributed by atoms with Crippen LogP contribution in [0.15, 0.2) is 48.0 Å². The maximum Gasteiger partial charge on any atom is 0.422 e. The van der Waals surface area contributed by atoms with Crippen LogP contribution in [-0.4, -0.2) is 28.8 Å². The first kappa shape index (κ1) is 20.7. The molecule has 3 aromatic rings. The Morgan fingerprint density at radius 1 is 1.21 bits per heavy atom. The number of carbonyl (C=O) groups excluding carboxylic acids is 1. The van der Waals surface area contributed by atoms with Gasteiger partial charge in [-0.25, -0.2) is 4.98 Å². The van der Waals surface area contributed by atoms with Gasteiger partial charge in [0.1, 0.15) is 11.5 Å². The zero-order chi connectivity index (χ0) is 21.0. The molecule has 0 aliphatic heterocycles. The van der Waals surface area contributed by atoms with Crippen molar-refractivity contribution in [1.82, 2.24) is 10.3 Å². The average Bonchev–Trinajstić information content (AvgIpc) is 3.10. The predicted octanol–water partition coefficient (Wildman–Crippen LogP) is 4.70. The summed E-state index contributed by atoms with van der Waals surface area (Å²) in [7, 11) is 0. The van der Waals surface area contributed by atoms with E-state index < -0.39 is 18.7 Å². The number of rotatable bonds is 6. The number of aromatic nitrogens is 1. The van der Waals surface area contributed by atoms with E-state index in [4.69, 9.17) is 0 Å². The van der Waals surface area contributed by atoms with Gasteiger partial charge >= 0.3 is 6.18 Å². The number of thiazole rings is 1. The molecule has 0 atom stereocenters. The first-order valence-electron chi connectivity index (χ1n) is 8.52. The van der Waals surface area contributed by atoms with E-state index in [0.29, 0.717) is 0 Å². The van der Waals surface area contributed by atoms with Gasteiger partial charge in [-0.2, -0.15) is 13.2 Å². The number of aromatic hydroxyl groups is 1. The standard InChI is InChI=1S/C20H17F3N2O3S/c1-12-18(29-11-25-12)14-4-2-13(3-5-14)9-24-19(27)15-6-16(26)8-17(7-15)28-10-20(21,22)23/h2-8,11,26H,9-10H2,1H3,(H,24,27). The summed E-state index contributed by atoms with van der Waals surface area (Å²) in [6, 6.07) is 10.9. The number of hydrogen-bond donors (Lipinski definition) is 2. The van der Waals surface area contributed by atoms with Crippen molar-refractivity contribution in [2.24, 2.45) is 0 Å². The van der Waals surface area contributed by atoms with E-state index in [-0.39, 0.29) is 23.6 Å². The molecule has 0 bridgehead atoms. The molecule has 1 aromatic heterocycles. The molecule has 0 spiro atoms. The van der Waals surface area contributed by atoms with Crippen LogP contribution in [0.5, 0.6) is 11.5 Å². The van der Waals surface area contributed by atoms with E-state index in [1.54, 1.807) is 16.8 Å². The number of alkyl halides is 3. The Morgan fingerprint density at radius 3 is 2.55 bits per heavy atom. The molecule has 3 rings (SSSR count). The zero-order valence-electron chi connectivity index (χ0n) is 15.3. The SMILES string of the molecule is Cc1ncsc1-c1ccc(CNC(=O)c2cc(O)cc(OCC(F)(F)F)c2)cc1. The molecule has 0 radical (unpaired) electrons. The number of halogens is 3. The van der Waals surface area contributed by atoms with Crippen molar-refractivity contribution in [3.05, 3.63) is 64.8 Å². The van der Waals surface area contributed by atoms with Crippen LogP contribution in [0.4, 0.5) is 13.2 Å². The van der Waals surface area contributed by atoms with E-state index in [9.17, 15) is 23.1 Å². The summed E-state index contributed by atoms with van der Waals surface area (Å²) in [5.74, 6) is -1.14. The van der Waals surface area contributed by atoms with Gasteiger partial charge in [-0.15, -0.1) is 11.3 Å². The highest BCUT2D eigenvalue weighted by atomic mass is 32.1. The van der Waals surface area contributed by atoms with Crippen LogP contribution >= 0.6 is 11.3 Å². The highest BCUT2D eigenvalue weighted by Crippen LogP contribution is 2.27. The minimum absolute atomic E-state index is 0.000852. The lowest BCUT2D eigenvalue weighted by molar-refractivity contribution is -0.153. The normalized spacial score (nSPS) is 11.3. The van der Waals surface area contributed by atoms with Gasteiger partial charge in [0.2, 0.25) is 0 Å². The van der Waals surface area contributed by atoms with E-state index >= 15 is 0 Å². The highest BCUT2D eigenvalue weighted by molar-refractivity contribution is 7.13. The average molecular weight is 422 g/mol. The van der Waals surface area contributed by atoms with Crippen LogP contribution in [0.25, 0.3) is 10.4 Å². The fraction of sp³-hybridized carbons (Fsp3) is 0.200. The Labute approximate surface area is 168 Å². The summed E-state index contributed by atoms with van der Waals surface area (Å²) >= 11 is 1.55. The minimum Gasteiger partial charge on any atom is -0.508 e. The minimum atomic E-state index is -4.52. The van der Waals surface area contributed by atoms with Gasteiger partial charge in [-0.05, 0) is 30.2 Å². The van der Waals surface area contributed by atoms with E-state index in [2.05, 4.69) is 15.0 Å². The number of benzene rings is 2. The Morgan fingerprint density at radius 2 is 1.93 bits per heavy atom. The smallest absolute Gasteiger partial charge is 0.422 e. The third-order valence-corrected chi connectivity index (χ3v) is 4.95. The molecule has 0 saturated heterocycles. The van der Waals surface area contributed by atoms with Crippen LogP contribution in [-0.2, 0) is 6.54 Å². The Kier molecular flexibility index (Phi) is 6.07. The molecule has 1 amide bonds. The molecule has 0 aliphatic carbocycles. The molecule has 0 fully saturated rings. The molecule has 5 nitrogen and oxygen atoms in total. The molecular weight excluding hydrogens is 405 g/mol. The third-order valence-electron chi connectivity index (χ3n) is 3.97. The number of amides is 1. The lowest BCUT2D eigenvalue weighted by atomic mass is 10.1. The number of hydrogen-bond acceptors (Lipinski definition) is 5. The van der Waals surface area contributed by atoms with Gasteiger partial charge in [0, 0.05) is 18.2 Å². The number of phenolic OH excluding ortho intramolecular Hbond substituents is 1. The van der Waals surface area contributed by atoms with E-state index in [0.717, 1.165) is 39.9 Å². The van der Waals surface area contributed by atoms with Crippen molar-refractivity contribution in [3.63, 3.8) is 0 Å². The van der Waals surface area contributed by atoms with Crippen LogP contribution in [0.1, 0.15) is 21.6 Å².